The van der Waals surface area contributed by atoms with Gasteiger partial charge in [-0.3, -0.25) is 0 Å². The number of aliphatic hydroxyl groups is 1. The van der Waals surface area contributed by atoms with Crippen molar-refractivity contribution in [3.8, 4) is 0 Å². The summed E-state index contributed by atoms with van der Waals surface area (Å²) in [6.45, 7) is 6.06. The van der Waals surface area contributed by atoms with E-state index in [0.29, 0.717) is 5.56 Å². The normalized spacial score (nSPS) is 18.5. The van der Waals surface area contributed by atoms with Crippen molar-refractivity contribution in [2.75, 3.05) is 0 Å². The second-order valence-electron chi connectivity index (χ2n) is 7.13. The molecule has 1 nitrogen and oxygen atoms in total. The number of hydrogen-bond acceptors (Lipinski definition) is 1. The van der Waals surface area contributed by atoms with E-state index in [0.717, 1.165) is 28.2 Å². The first-order chi connectivity index (χ1) is 13.4. The standard InChI is InChI=1S/C21H20FO.C5H5.Fe/c1-14-12-15(2)20(16(3)13-14)21(23,17-6-4-5-7-17)18-8-10-19(22)11-9-18;1-2-4-5-3-1;/h4-13,23H,1-3H3;1-5H;/q;;+2. The van der Waals surface area contributed by atoms with Crippen molar-refractivity contribution < 1.29 is 26.6 Å². The van der Waals surface area contributed by atoms with E-state index in [1.165, 1.54) is 12.1 Å². The summed E-state index contributed by atoms with van der Waals surface area (Å²) < 4.78 is 13.3. The monoisotopic (exact) mass is 428 g/mol. The number of rotatable bonds is 3. The minimum atomic E-state index is -1.29. The van der Waals surface area contributed by atoms with Crippen LogP contribution in [0.5, 0.6) is 0 Å². The summed E-state index contributed by atoms with van der Waals surface area (Å²) in [6.07, 6.45) is 17.6. The first-order valence-corrected chi connectivity index (χ1v) is 9.38. The number of hydrogen-bond donors (Lipinski definition) is 1. The van der Waals surface area contributed by atoms with E-state index in [2.05, 4.69) is 12.1 Å². The van der Waals surface area contributed by atoms with Gasteiger partial charge >= 0.3 is 17.1 Å². The first kappa shape index (κ1) is 24.1. The zero-order valence-corrected chi connectivity index (χ0v) is 17.9. The third-order valence-corrected chi connectivity index (χ3v) is 4.94. The third-order valence-electron chi connectivity index (χ3n) is 4.94. The van der Waals surface area contributed by atoms with Crippen LogP contribution in [0.25, 0.3) is 0 Å². The molecule has 4 rings (SSSR count). The number of halogens is 1. The molecule has 0 bridgehead atoms. The Kier molecular flexibility index (Phi) is 8.94. The molecule has 1 unspecified atom stereocenters. The van der Waals surface area contributed by atoms with Crippen LogP contribution in [-0.4, -0.2) is 5.11 Å². The second kappa shape index (κ2) is 10.8. The van der Waals surface area contributed by atoms with E-state index in [1.54, 1.807) is 12.1 Å². The van der Waals surface area contributed by atoms with Gasteiger partial charge in [0.05, 0.1) is 0 Å². The largest absolute Gasteiger partial charge is 2.00 e. The maximum Gasteiger partial charge on any atom is 2.00 e. The zero-order chi connectivity index (χ0) is 20.1. The molecule has 0 aliphatic heterocycles. The van der Waals surface area contributed by atoms with Crippen molar-refractivity contribution in [1.29, 1.82) is 0 Å². The molecule has 29 heavy (non-hydrogen) atoms. The van der Waals surface area contributed by atoms with Gasteiger partial charge < -0.3 is 5.11 Å². The Morgan fingerprint density at radius 1 is 0.724 bits per heavy atom. The van der Waals surface area contributed by atoms with Gasteiger partial charge in [-0.15, -0.1) is 0 Å². The van der Waals surface area contributed by atoms with Gasteiger partial charge in [-0.05, 0) is 113 Å². The fourth-order valence-corrected chi connectivity index (χ4v) is 3.83. The fraction of sp³-hybridized carbons (Fsp3) is 0.154. The predicted molar refractivity (Wildman–Crippen MR) is 112 cm³/mol. The molecule has 0 spiro atoms. The van der Waals surface area contributed by atoms with Crippen LogP contribution in [0, 0.1) is 90.3 Å². The van der Waals surface area contributed by atoms with Gasteiger partial charge in [0.15, 0.2) is 0 Å². The Morgan fingerprint density at radius 2 is 1.17 bits per heavy atom. The maximum atomic E-state index is 13.3. The summed E-state index contributed by atoms with van der Waals surface area (Å²) in [7, 11) is 0. The van der Waals surface area contributed by atoms with Crippen LogP contribution in [0.15, 0.2) is 36.4 Å². The molecule has 10 radical (unpaired) electrons. The molecule has 0 amide bonds. The quantitative estimate of drug-likeness (QED) is 0.649. The van der Waals surface area contributed by atoms with Crippen LogP contribution < -0.4 is 0 Å². The smallest absolute Gasteiger partial charge is 0.380 e. The van der Waals surface area contributed by atoms with Crippen molar-refractivity contribution >= 4 is 0 Å². The minimum absolute atomic E-state index is 0. The molecule has 3 heteroatoms. The van der Waals surface area contributed by atoms with Crippen molar-refractivity contribution in [1.82, 2.24) is 0 Å². The molecule has 0 aromatic heterocycles. The molecule has 2 aliphatic carbocycles. The molecule has 2 aromatic rings. The van der Waals surface area contributed by atoms with Gasteiger partial charge in [-0.1, -0.05) is 29.8 Å². The number of aryl methyl sites for hydroxylation is 3. The second-order valence-corrected chi connectivity index (χ2v) is 7.13. The van der Waals surface area contributed by atoms with E-state index >= 15 is 0 Å². The van der Waals surface area contributed by atoms with Crippen LogP contribution in [0.4, 0.5) is 4.39 Å². The van der Waals surface area contributed by atoms with Gasteiger partial charge in [-0.25, -0.2) is 4.39 Å². The van der Waals surface area contributed by atoms with E-state index in [-0.39, 0.29) is 22.9 Å². The molecular formula is C26H25FFeO+2. The minimum Gasteiger partial charge on any atom is -0.380 e. The summed E-state index contributed by atoms with van der Waals surface area (Å²) in [5.74, 6) is 0.482. The topological polar surface area (TPSA) is 20.2 Å². The average Bonchev–Trinajstić information content (AvgIpc) is 3.38. The molecule has 1 atom stereocenters. The molecule has 2 aromatic carbocycles. The van der Waals surface area contributed by atoms with Crippen LogP contribution in [0.1, 0.15) is 27.8 Å². The van der Waals surface area contributed by atoms with Crippen LogP contribution >= 0.6 is 0 Å². The van der Waals surface area contributed by atoms with E-state index in [1.807, 2.05) is 78.6 Å². The molecule has 1 N–H and O–H groups in total. The maximum absolute atomic E-state index is 13.3. The molecule has 2 fully saturated rings. The first-order valence-electron chi connectivity index (χ1n) is 9.38. The summed E-state index contributed by atoms with van der Waals surface area (Å²) >= 11 is 0. The Balaban J connectivity index is 0.000000437. The van der Waals surface area contributed by atoms with E-state index in [9.17, 15) is 9.50 Å². The third kappa shape index (κ3) is 5.51. The molecular weight excluding hydrogens is 403 g/mol. The van der Waals surface area contributed by atoms with Gasteiger partial charge in [0.25, 0.3) is 0 Å². The Bertz CT molecular complexity index is 745. The molecule has 148 valence electrons. The summed E-state index contributed by atoms with van der Waals surface area (Å²) in [6, 6.07) is 10.2. The predicted octanol–water partition coefficient (Wildman–Crippen LogP) is 5.41. The number of benzene rings is 2. The van der Waals surface area contributed by atoms with Crippen LogP contribution in [0.3, 0.4) is 0 Å². The van der Waals surface area contributed by atoms with Crippen LogP contribution in [0.2, 0.25) is 0 Å². The van der Waals surface area contributed by atoms with E-state index < -0.39 is 5.60 Å². The summed E-state index contributed by atoms with van der Waals surface area (Å²) in [5.41, 5.74) is 3.44. The SMILES string of the molecule is Cc1cc(C)c(C(O)([C]2[CH][CH][CH][CH]2)c2ccc(F)cc2)c(C)c1.[CH]1[CH][CH][CH][CH]1.[Fe+2]. The van der Waals surface area contributed by atoms with Crippen molar-refractivity contribution in [3.05, 3.63) is 134 Å². The van der Waals surface area contributed by atoms with Crippen molar-refractivity contribution in [3.63, 3.8) is 0 Å². The van der Waals surface area contributed by atoms with Gasteiger partial charge in [0.1, 0.15) is 11.4 Å². The van der Waals surface area contributed by atoms with Crippen molar-refractivity contribution in [2.45, 2.75) is 26.4 Å². The molecule has 2 saturated carbocycles. The van der Waals surface area contributed by atoms with Crippen molar-refractivity contribution in [2.24, 2.45) is 0 Å². The van der Waals surface area contributed by atoms with Gasteiger partial charge in [-0.2, -0.15) is 0 Å². The van der Waals surface area contributed by atoms with Gasteiger partial charge in [0.2, 0.25) is 0 Å². The van der Waals surface area contributed by atoms with Gasteiger partial charge in [0, 0.05) is 5.92 Å². The molecule has 0 heterocycles. The summed E-state index contributed by atoms with van der Waals surface area (Å²) in [5, 5.41) is 11.7. The average molecular weight is 428 g/mol. The van der Waals surface area contributed by atoms with E-state index in [4.69, 9.17) is 0 Å². The summed E-state index contributed by atoms with van der Waals surface area (Å²) in [4.78, 5) is 0. The van der Waals surface area contributed by atoms with Crippen LogP contribution in [-0.2, 0) is 22.7 Å². The Morgan fingerprint density at radius 3 is 1.62 bits per heavy atom. The molecule has 2 aliphatic rings. The Hall–Kier alpha value is -1.15. The zero-order valence-electron chi connectivity index (χ0n) is 16.8. The Labute approximate surface area is 186 Å². The fourth-order valence-electron chi connectivity index (χ4n) is 3.83. The molecule has 0 saturated heterocycles.